The second-order valence-corrected chi connectivity index (χ2v) is 5.74. The predicted octanol–water partition coefficient (Wildman–Crippen LogP) is 0.959. The average Bonchev–Trinajstić information content (AvgIpc) is 2.96. The minimum absolute atomic E-state index is 0.340. The summed E-state index contributed by atoms with van der Waals surface area (Å²) in [4.78, 5) is 18.4. The van der Waals surface area contributed by atoms with Crippen molar-refractivity contribution in [2.75, 3.05) is 27.3 Å². The van der Waals surface area contributed by atoms with Crippen molar-refractivity contribution in [3.05, 3.63) is 35.4 Å². The number of benzene rings is 1. The Bertz CT molecular complexity index is 627. The van der Waals surface area contributed by atoms with Crippen molar-refractivity contribution < 1.29 is 14.4 Å². The van der Waals surface area contributed by atoms with Crippen LogP contribution in [0.5, 0.6) is 0 Å². The lowest BCUT2D eigenvalue weighted by Crippen LogP contribution is -2.41. The number of hydrogen-bond donors (Lipinski definition) is 2. The van der Waals surface area contributed by atoms with Gasteiger partial charge in [-0.05, 0) is 12.5 Å². The number of nitrogens with zero attached hydrogens (tertiary/aromatic N) is 2. The number of nitrogens with one attached hydrogen (secondary N) is 1. The summed E-state index contributed by atoms with van der Waals surface area (Å²) in [5, 5.41) is 12.1. The molecule has 0 saturated heterocycles. The highest BCUT2D eigenvalue weighted by molar-refractivity contribution is 6.06. The third-order valence-electron chi connectivity index (χ3n) is 3.89. The molecule has 0 fully saturated rings. The van der Waals surface area contributed by atoms with Gasteiger partial charge in [0, 0.05) is 32.7 Å². The van der Waals surface area contributed by atoms with E-state index in [2.05, 4.69) is 5.16 Å². The maximum Gasteiger partial charge on any atom is 0.264 e. The van der Waals surface area contributed by atoms with Gasteiger partial charge in [-0.25, -0.2) is 0 Å². The summed E-state index contributed by atoms with van der Waals surface area (Å²) in [6.07, 6.45) is 0.340. The van der Waals surface area contributed by atoms with Gasteiger partial charge in [0.1, 0.15) is 5.84 Å². The number of likely N-dealkylation sites (N-methyl/N-ethyl adjacent to an activating group) is 1. The molecule has 0 saturated carbocycles. The van der Waals surface area contributed by atoms with E-state index in [0.29, 0.717) is 31.1 Å². The SMILES string of the molecule is COCCN(C)C(=N)c1ccc(C2=NOC(C)(C(N)=O)C2)cc1. The van der Waals surface area contributed by atoms with Gasteiger partial charge in [-0.3, -0.25) is 10.2 Å². The van der Waals surface area contributed by atoms with Crippen molar-refractivity contribution in [1.82, 2.24) is 4.90 Å². The average molecular weight is 318 g/mol. The van der Waals surface area contributed by atoms with Gasteiger partial charge in [0.15, 0.2) is 0 Å². The van der Waals surface area contributed by atoms with Crippen LogP contribution >= 0.6 is 0 Å². The topological polar surface area (TPSA) is 101 Å². The molecule has 2 rings (SSSR count). The highest BCUT2D eigenvalue weighted by atomic mass is 16.7. The molecule has 1 amide bonds. The zero-order valence-electron chi connectivity index (χ0n) is 13.6. The second-order valence-electron chi connectivity index (χ2n) is 5.74. The molecule has 1 aromatic rings. The molecule has 7 heteroatoms. The molecule has 0 spiro atoms. The first-order valence-electron chi connectivity index (χ1n) is 7.32. The molecule has 0 aromatic heterocycles. The first kappa shape index (κ1) is 17.0. The molecule has 1 aromatic carbocycles. The van der Waals surface area contributed by atoms with Gasteiger partial charge in [-0.2, -0.15) is 0 Å². The Morgan fingerprint density at radius 1 is 1.48 bits per heavy atom. The molecular formula is C16H22N4O3. The molecule has 124 valence electrons. The third kappa shape index (κ3) is 3.68. The maximum absolute atomic E-state index is 11.4. The van der Waals surface area contributed by atoms with E-state index in [-0.39, 0.29) is 0 Å². The van der Waals surface area contributed by atoms with Gasteiger partial charge in [0.2, 0.25) is 5.60 Å². The number of methoxy groups -OCH3 is 1. The maximum atomic E-state index is 11.4. The Kier molecular flexibility index (Phi) is 5.00. The Morgan fingerprint density at radius 3 is 2.65 bits per heavy atom. The molecular weight excluding hydrogens is 296 g/mol. The number of amidine groups is 1. The lowest BCUT2D eigenvalue weighted by Gasteiger charge is -2.19. The molecule has 1 aliphatic heterocycles. The van der Waals surface area contributed by atoms with Crippen molar-refractivity contribution in [1.29, 1.82) is 5.41 Å². The van der Waals surface area contributed by atoms with E-state index in [1.165, 1.54) is 0 Å². The van der Waals surface area contributed by atoms with E-state index in [9.17, 15) is 4.79 Å². The summed E-state index contributed by atoms with van der Waals surface area (Å²) in [5.74, 6) is -0.116. The van der Waals surface area contributed by atoms with E-state index >= 15 is 0 Å². The minimum Gasteiger partial charge on any atom is -0.383 e. The molecule has 1 unspecified atom stereocenters. The number of ether oxygens (including phenoxy) is 1. The van der Waals surface area contributed by atoms with Crippen LogP contribution in [0.4, 0.5) is 0 Å². The Hall–Kier alpha value is -2.41. The minimum atomic E-state index is -1.08. The zero-order chi connectivity index (χ0) is 17.0. The fourth-order valence-electron chi connectivity index (χ4n) is 2.21. The summed E-state index contributed by atoms with van der Waals surface area (Å²) >= 11 is 0. The first-order valence-corrected chi connectivity index (χ1v) is 7.32. The summed E-state index contributed by atoms with van der Waals surface area (Å²) in [5.41, 5.74) is 6.57. The van der Waals surface area contributed by atoms with Crippen LogP contribution in [0.2, 0.25) is 0 Å². The van der Waals surface area contributed by atoms with Crippen molar-refractivity contribution in [3.8, 4) is 0 Å². The van der Waals surface area contributed by atoms with Crippen molar-refractivity contribution in [2.24, 2.45) is 10.9 Å². The Morgan fingerprint density at radius 2 is 2.13 bits per heavy atom. The van der Waals surface area contributed by atoms with Crippen molar-refractivity contribution in [3.63, 3.8) is 0 Å². The number of oxime groups is 1. The number of primary amides is 1. The van der Waals surface area contributed by atoms with E-state index < -0.39 is 11.5 Å². The van der Waals surface area contributed by atoms with Crippen LogP contribution in [0, 0.1) is 5.41 Å². The second kappa shape index (κ2) is 6.78. The van der Waals surface area contributed by atoms with Crippen LogP contribution in [0.15, 0.2) is 29.4 Å². The highest BCUT2D eigenvalue weighted by Gasteiger charge is 2.40. The largest absolute Gasteiger partial charge is 0.383 e. The summed E-state index contributed by atoms with van der Waals surface area (Å²) in [7, 11) is 3.49. The van der Waals surface area contributed by atoms with Gasteiger partial charge in [0.25, 0.3) is 5.91 Å². The van der Waals surface area contributed by atoms with Gasteiger partial charge < -0.3 is 20.2 Å². The molecule has 23 heavy (non-hydrogen) atoms. The van der Waals surface area contributed by atoms with Crippen LogP contribution in [0.25, 0.3) is 0 Å². The number of carbonyl (C=O) groups is 1. The van der Waals surface area contributed by atoms with Gasteiger partial charge in [-0.15, -0.1) is 0 Å². The van der Waals surface area contributed by atoms with E-state index in [4.69, 9.17) is 20.7 Å². The van der Waals surface area contributed by atoms with Gasteiger partial charge >= 0.3 is 0 Å². The summed E-state index contributed by atoms with van der Waals surface area (Å²) in [6, 6.07) is 7.43. The number of carbonyl (C=O) groups excluding carboxylic acids is 1. The van der Waals surface area contributed by atoms with Crippen LogP contribution in [0.1, 0.15) is 24.5 Å². The number of amides is 1. The van der Waals surface area contributed by atoms with Gasteiger partial charge in [-0.1, -0.05) is 29.4 Å². The Balaban J connectivity index is 2.06. The lowest BCUT2D eigenvalue weighted by molar-refractivity contribution is -0.138. The summed E-state index contributed by atoms with van der Waals surface area (Å²) in [6.45, 7) is 2.84. The molecule has 3 N–H and O–H groups in total. The lowest BCUT2D eigenvalue weighted by atomic mass is 9.95. The van der Waals surface area contributed by atoms with Gasteiger partial charge in [0.05, 0.1) is 12.3 Å². The molecule has 1 aliphatic rings. The van der Waals surface area contributed by atoms with Crippen molar-refractivity contribution in [2.45, 2.75) is 18.9 Å². The van der Waals surface area contributed by atoms with Crippen LogP contribution < -0.4 is 5.73 Å². The number of nitrogens with two attached hydrogens (primary N) is 1. The molecule has 0 aliphatic carbocycles. The zero-order valence-corrected chi connectivity index (χ0v) is 13.6. The van der Waals surface area contributed by atoms with E-state index in [1.807, 2.05) is 36.2 Å². The standard InChI is InChI=1S/C16H22N4O3/c1-16(15(18)21)10-13(19-23-16)11-4-6-12(7-5-11)14(17)20(2)8-9-22-3/h4-7,17H,8-10H2,1-3H3,(H2,18,21). The van der Waals surface area contributed by atoms with Crippen LogP contribution in [0.3, 0.4) is 0 Å². The van der Waals surface area contributed by atoms with Crippen LogP contribution in [-0.4, -0.2) is 55.3 Å². The fourth-order valence-corrected chi connectivity index (χ4v) is 2.21. The van der Waals surface area contributed by atoms with Crippen LogP contribution in [-0.2, 0) is 14.4 Å². The third-order valence-corrected chi connectivity index (χ3v) is 3.89. The number of rotatable bonds is 6. The molecule has 1 atom stereocenters. The summed E-state index contributed by atoms with van der Waals surface area (Å²) < 4.78 is 5.02. The Labute approximate surface area is 135 Å². The van der Waals surface area contributed by atoms with E-state index in [0.717, 1.165) is 11.1 Å². The van der Waals surface area contributed by atoms with E-state index in [1.54, 1.807) is 14.0 Å². The molecule has 1 heterocycles. The monoisotopic (exact) mass is 318 g/mol. The quantitative estimate of drug-likeness (QED) is 0.602. The predicted molar refractivity (Wildman–Crippen MR) is 87.6 cm³/mol. The highest BCUT2D eigenvalue weighted by Crippen LogP contribution is 2.26. The fraction of sp³-hybridized carbons (Fsp3) is 0.438. The number of hydrogen-bond acceptors (Lipinski definition) is 5. The molecule has 7 nitrogen and oxygen atoms in total. The normalized spacial score (nSPS) is 19.9. The van der Waals surface area contributed by atoms with Crippen molar-refractivity contribution >= 4 is 17.5 Å². The molecule has 0 bridgehead atoms. The first-order chi connectivity index (χ1) is 10.9. The molecule has 0 radical (unpaired) electrons. The smallest absolute Gasteiger partial charge is 0.264 e.